The van der Waals surface area contributed by atoms with Crippen LogP contribution in [0.25, 0.3) is 10.2 Å². The smallest absolute Gasteiger partial charge is 0.227 e. The minimum absolute atomic E-state index is 0.110. The molecule has 0 saturated heterocycles. The van der Waals surface area contributed by atoms with Crippen LogP contribution >= 0.6 is 23.1 Å². The first-order valence-corrected chi connectivity index (χ1v) is 8.71. The average Bonchev–Trinajstić information content (AvgIpc) is 2.90. The van der Waals surface area contributed by atoms with E-state index in [1.54, 1.807) is 23.1 Å². The first-order chi connectivity index (χ1) is 9.76. The Kier molecular flexibility index (Phi) is 4.08. The normalized spacial score (nSPS) is 18.4. The molecule has 3 nitrogen and oxygen atoms in total. The topological polar surface area (TPSA) is 42.0 Å². The largest absolute Gasteiger partial charge is 0.326 e. The monoisotopic (exact) mass is 304 g/mol. The summed E-state index contributed by atoms with van der Waals surface area (Å²) in [6.07, 6.45) is 9.08. The van der Waals surface area contributed by atoms with E-state index in [4.69, 9.17) is 0 Å². The number of hydrogen-bond donors (Lipinski definition) is 1. The van der Waals surface area contributed by atoms with Crippen molar-refractivity contribution in [2.24, 2.45) is 5.92 Å². The van der Waals surface area contributed by atoms with E-state index >= 15 is 0 Å². The molecule has 1 aromatic carbocycles. The number of aromatic nitrogens is 1. The Morgan fingerprint density at radius 3 is 3.10 bits per heavy atom. The Bertz CT molecular complexity index is 663. The number of thiazole rings is 1. The van der Waals surface area contributed by atoms with Gasteiger partial charge in [-0.25, -0.2) is 4.98 Å². The van der Waals surface area contributed by atoms with Crippen LogP contribution in [0.4, 0.5) is 5.69 Å². The SMILES string of the molecule is CSc1nc2ccc(NC(=O)C3CC=CCC3)cc2s1. The molecule has 3 rings (SSSR count). The molecule has 1 aromatic heterocycles. The molecule has 1 aliphatic carbocycles. The van der Waals surface area contributed by atoms with Crippen LogP contribution in [0.1, 0.15) is 19.3 Å². The summed E-state index contributed by atoms with van der Waals surface area (Å²) in [6, 6.07) is 5.92. The fraction of sp³-hybridized carbons (Fsp3) is 0.333. The molecular formula is C15H16N2OS2. The molecule has 1 heterocycles. The lowest BCUT2D eigenvalue weighted by Crippen LogP contribution is -2.23. The number of nitrogens with zero attached hydrogens (tertiary/aromatic N) is 1. The maximum absolute atomic E-state index is 12.2. The highest BCUT2D eigenvalue weighted by Crippen LogP contribution is 2.30. The van der Waals surface area contributed by atoms with Crippen molar-refractivity contribution in [3.63, 3.8) is 0 Å². The van der Waals surface area contributed by atoms with E-state index in [2.05, 4.69) is 22.5 Å². The number of rotatable bonds is 3. The maximum Gasteiger partial charge on any atom is 0.227 e. The molecule has 5 heteroatoms. The van der Waals surface area contributed by atoms with Crippen molar-refractivity contribution in [3.05, 3.63) is 30.4 Å². The van der Waals surface area contributed by atoms with Crippen LogP contribution in [0, 0.1) is 5.92 Å². The van der Waals surface area contributed by atoms with Crippen LogP contribution in [0.5, 0.6) is 0 Å². The molecular weight excluding hydrogens is 288 g/mol. The van der Waals surface area contributed by atoms with Gasteiger partial charge in [-0.05, 0) is 43.7 Å². The molecule has 20 heavy (non-hydrogen) atoms. The van der Waals surface area contributed by atoms with E-state index in [1.807, 2.05) is 24.5 Å². The third-order valence-electron chi connectivity index (χ3n) is 3.45. The minimum atomic E-state index is 0.110. The lowest BCUT2D eigenvalue weighted by atomic mass is 9.93. The van der Waals surface area contributed by atoms with Gasteiger partial charge in [-0.15, -0.1) is 11.3 Å². The predicted octanol–water partition coefficient (Wildman–Crippen LogP) is 4.31. The van der Waals surface area contributed by atoms with Gasteiger partial charge in [0.05, 0.1) is 10.2 Å². The van der Waals surface area contributed by atoms with Gasteiger partial charge in [0.15, 0.2) is 4.34 Å². The number of amides is 1. The first-order valence-electron chi connectivity index (χ1n) is 6.66. The molecule has 1 aliphatic rings. The predicted molar refractivity (Wildman–Crippen MR) is 86.5 cm³/mol. The second kappa shape index (κ2) is 5.97. The van der Waals surface area contributed by atoms with Crippen LogP contribution in [0.3, 0.4) is 0 Å². The Morgan fingerprint density at radius 1 is 1.45 bits per heavy atom. The van der Waals surface area contributed by atoms with Crippen LogP contribution in [0.2, 0.25) is 0 Å². The molecule has 1 N–H and O–H groups in total. The summed E-state index contributed by atoms with van der Waals surface area (Å²) in [6.45, 7) is 0. The fourth-order valence-electron chi connectivity index (χ4n) is 2.34. The molecule has 0 aliphatic heterocycles. The lowest BCUT2D eigenvalue weighted by Gasteiger charge is -2.17. The second-order valence-electron chi connectivity index (χ2n) is 4.84. The van der Waals surface area contributed by atoms with E-state index in [0.717, 1.165) is 39.5 Å². The van der Waals surface area contributed by atoms with Crippen molar-refractivity contribution in [1.82, 2.24) is 4.98 Å². The van der Waals surface area contributed by atoms with Crippen molar-refractivity contribution in [2.45, 2.75) is 23.6 Å². The zero-order valence-corrected chi connectivity index (χ0v) is 12.9. The molecule has 0 fully saturated rings. The minimum Gasteiger partial charge on any atom is -0.326 e. The summed E-state index contributed by atoms with van der Waals surface area (Å²) in [7, 11) is 0. The second-order valence-corrected chi connectivity index (χ2v) is 6.92. The number of allylic oxidation sites excluding steroid dienone is 2. The summed E-state index contributed by atoms with van der Waals surface area (Å²) < 4.78 is 2.18. The average molecular weight is 304 g/mol. The quantitative estimate of drug-likeness (QED) is 0.678. The Morgan fingerprint density at radius 2 is 2.35 bits per heavy atom. The first kappa shape index (κ1) is 13.6. The number of fused-ring (bicyclic) bond motifs is 1. The number of carbonyl (C=O) groups is 1. The number of anilines is 1. The van der Waals surface area contributed by atoms with Gasteiger partial charge >= 0.3 is 0 Å². The molecule has 1 unspecified atom stereocenters. The van der Waals surface area contributed by atoms with Gasteiger partial charge in [0.1, 0.15) is 0 Å². The van der Waals surface area contributed by atoms with E-state index in [9.17, 15) is 4.79 Å². The van der Waals surface area contributed by atoms with E-state index in [-0.39, 0.29) is 11.8 Å². The third kappa shape index (κ3) is 2.88. The molecule has 1 atom stereocenters. The number of benzene rings is 1. The van der Waals surface area contributed by atoms with Crippen molar-refractivity contribution in [2.75, 3.05) is 11.6 Å². The van der Waals surface area contributed by atoms with Gasteiger partial charge in [-0.1, -0.05) is 23.9 Å². The van der Waals surface area contributed by atoms with Gasteiger partial charge in [0.2, 0.25) is 5.91 Å². The molecule has 0 saturated carbocycles. The Labute approximate surface area is 126 Å². The number of hydrogen-bond acceptors (Lipinski definition) is 4. The van der Waals surface area contributed by atoms with Crippen LogP contribution < -0.4 is 5.32 Å². The highest BCUT2D eigenvalue weighted by Gasteiger charge is 2.18. The fourth-order valence-corrected chi connectivity index (χ4v) is 3.87. The highest BCUT2D eigenvalue weighted by atomic mass is 32.2. The summed E-state index contributed by atoms with van der Waals surface area (Å²) in [4.78, 5) is 16.7. The van der Waals surface area contributed by atoms with Crippen LogP contribution in [0.15, 0.2) is 34.7 Å². The van der Waals surface area contributed by atoms with Crippen molar-refractivity contribution in [1.29, 1.82) is 0 Å². The summed E-state index contributed by atoms with van der Waals surface area (Å²) in [5.74, 6) is 0.238. The number of carbonyl (C=O) groups excluding carboxylic acids is 1. The Balaban J connectivity index is 1.76. The summed E-state index contributed by atoms with van der Waals surface area (Å²) in [5.41, 5.74) is 1.87. The van der Waals surface area contributed by atoms with Gasteiger partial charge in [-0.3, -0.25) is 4.79 Å². The lowest BCUT2D eigenvalue weighted by molar-refractivity contribution is -0.120. The molecule has 0 radical (unpaired) electrons. The van der Waals surface area contributed by atoms with Crippen molar-refractivity contribution >= 4 is 44.9 Å². The van der Waals surface area contributed by atoms with Gasteiger partial charge < -0.3 is 5.32 Å². The summed E-state index contributed by atoms with van der Waals surface area (Å²) in [5, 5.41) is 3.03. The number of nitrogens with one attached hydrogen (secondary N) is 1. The molecule has 2 aromatic rings. The molecule has 0 bridgehead atoms. The molecule has 1 amide bonds. The van der Waals surface area contributed by atoms with E-state index in [0.29, 0.717) is 0 Å². The van der Waals surface area contributed by atoms with Gasteiger partial charge in [0.25, 0.3) is 0 Å². The standard InChI is InChI=1S/C15H16N2OS2/c1-19-15-17-12-8-7-11(9-13(12)20-15)16-14(18)10-5-3-2-4-6-10/h2-3,7-10H,4-6H2,1H3,(H,16,18). The third-order valence-corrected chi connectivity index (χ3v) is 5.45. The van der Waals surface area contributed by atoms with Crippen LogP contribution in [-0.4, -0.2) is 17.1 Å². The maximum atomic E-state index is 12.2. The van der Waals surface area contributed by atoms with Gasteiger partial charge in [-0.2, -0.15) is 0 Å². The van der Waals surface area contributed by atoms with Gasteiger partial charge in [0, 0.05) is 11.6 Å². The van der Waals surface area contributed by atoms with E-state index < -0.39 is 0 Å². The van der Waals surface area contributed by atoms with Crippen molar-refractivity contribution < 1.29 is 4.79 Å². The zero-order chi connectivity index (χ0) is 13.9. The van der Waals surface area contributed by atoms with Crippen LogP contribution in [-0.2, 0) is 4.79 Å². The molecule has 104 valence electrons. The highest BCUT2D eigenvalue weighted by molar-refractivity contribution is 8.00. The van der Waals surface area contributed by atoms with Crippen molar-refractivity contribution in [3.8, 4) is 0 Å². The Hall–Kier alpha value is -1.33. The molecule has 0 spiro atoms. The zero-order valence-electron chi connectivity index (χ0n) is 11.3. The summed E-state index contributed by atoms with van der Waals surface area (Å²) >= 11 is 3.31. The van der Waals surface area contributed by atoms with E-state index in [1.165, 1.54) is 0 Å². The number of thioether (sulfide) groups is 1.